The summed E-state index contributed by atoms with van der Waals surface area (Å²) in [5.41, 5.74) is 0.752. The van der Waals surface area contributed by atoms with E-state index in [-0.39, 0.29) is 11.7 Å². The lowest BCUT2D eigenvalue weighted by atomic mass is 10.4. The van der Waals surface area contributed by atoms with Crippen molar-refractivity contribution in [1.29, 1.82) is 0 Å². The third-order valence-corrected chi connectivity index (χ3v) is 5.02. The number of hydrogen-bond donors (Lipinski definition) is 1. The van der Waals surface area contributed by atoms with Gasteiger partial charge in [-0.25, -0.2) is 0 Å². The Hall–Kier alpha value is -1.77. The van der Waals surface area contributed by atoms with Crippen LogP contribution in [0.25, 0.3) is 11.6 Å². The van der Waals surface area contributed by atoms with Crippen LogP contribution in [0.5, 0.6) is 0 Å². The molecule has 0 spiro atoms. The second-order valence-electron chi connectivity index (χ2n) is 4.70. The van der Waals surface area contributed by atoms with Crippen molar-refractivity contribution < 1.29 is 9.21 Å². The summed E-state index contributed by atoms with van der Waals surface area (Å²) in [6, 6.07) is 7.44. The molecule has 0 bridgehead atoms. The van der Waals surface area contributed by atoms with Gasteiger partial charge in [-0.15, -0.1) is 21.5 Å². The molecule has 0 aliphatic heterocycles. The minimum atomic E-state index is -0.0147. The van der Waals surface area contributed by atoms with Gasteiger partial charge >= 0.3 is 0 Å². The molecular formula is C14H13ClN4O2S2. The third-order valence-electron chi connectivity index (χ3n) is 3.00. The number of aromatic nitrogens is 3. The first kappa shape index (κ1) is 16.1. The molecule has 3 aromatic rings. The van der Waals surface area contributed by atoms with Gasteiger partial charge in [-0.05, 0) is 24.3 Å². The predicted octanol–water partition coefficient (Wildman–Crippen LogP) is 3.53. The van der Waals surface area contributed by atoms with Crippen molar-refractivity contribution in [1.82, 2.24) is 20.1 Å². The van der Waals surface area contributed by atoms with E-state index >= 15 is 0 Å². The second kappa shape index (κ2) is 7.20. The molecule has 0 fully saturated rings. The Balaban J connectivity index is 1.52. The van der Waals surface area contributed by atoms with Gasteiger partial charge in [0.1, 0.15) is 5.69 Å². The zero-order valence-corrected chi connectivity index (χ0v) is 14.5. The number of thiophene rings is 1. The summed E-state index contributed by atoms with van der Waals surface area (Å²) in [6.45, 7) is 0.536. The van der Waals surface area contributed by atoms with E-state index in [4.69, 9.17) is 16.0 Å². The van der Waals surface area contributed by atoms with E-state index in [0.29, 0.717) is 17.7 Å². The number of carbonyl (C=O) groups excluding carboxylic acids is 1. The van der Waals surface area contributed by atoms with Crippen LogP contribution in [0, 0.1) is 0 Å². The Morgan fingerprint density at radius 1 is 1.43 bits per heavy atom. The molecule has 0 aromatic carbocycles. The molecule has 3 aromatic heterocycles. The van der Waals surface area contributed by atoms with Gasteiger partial charge in [0.2, 0.25) is 5.91 Å². The molecule has 0 saturated carbocycles. The van der Waals surface area contributed by atoms with Crippen LogP contribution in [-0.2, 0) is 11.3 Å². The first-order chi connectivity index (χ1) is 11.1. The first-order valence-corrected chi connectivity index (χ1v) is 8.88. The number of H-pyrrole nitrogens is 1. The summed E-state index contributed by atoms with van der Waals surface area (Å²) in [5.74, 6) is 0.632. The van der Waals surface area contributed by atoms with Gasteiger partial charge in [-0.1, -0.05) is 23.4 Å². The van der Waals surface area contributed by atoms with Crippen LogP contribution >= 0.6 is 34.7 Å². The second-order valence-corrected chi connectivity index (χ2v) is 7.43. The monoisotopic (exact) mass is 368 g/mol. The van der Waals surface area contributed by atoms with Crippen LogP contribution in [0.15, 0.2) is 40.1 Å². The van der Waals surface area contributed by atoms with Gasteiger partial charge in [-0.2, -0.15) is 0 Å². The molecule has 3 rings (SSSR count). The molecule has 120 valence electrons. The quantitative estimate of drug-likeness (QED) is 0.673. The van der Waals surface area contributed by atoms with E-state index in [0.717, 1.165) is 14.9 Å². The van der Waals surface area contributed by atoms with Crippen LogP contribution in [0.1, 0.15) is 4.88 Å². The summed E-state index contributed by atoms with van der Waals surface area (Å²) in [7, 11) is 1.76. The maximum atomic E-state index is 12.1. The summed E-state index contributed by atoms with van der Waals surface area (Å²) in [6.07, 6.45) is 1.78. The third kappa shape index (κ3) is 4.15. The first-order valence-electron chi connectivity index (χ1n) is 6.70. The number of nitrogens with zero attached hydrogens (tertiary/aromatic N) is 3. The van der Waals surface area contributed by atoms with Crippen LogP contribution in [-0.4, -0.2) is 38.8 Å². The van der Waals surface area contributed by atoms with Crippen LogP contribution in [0.4, 0.5) is 0 Å². The molecule has 6 nitrogen and oxygen atoms in total. The van der Waals surface area contributed by atoms with Crippen molar-refractivity contribution in [2.45, 2.75) is 11.8 Å². The Kier molecular flexibility index (Phi) is 5.04. The van der Waals surface area contributed by atoms with E-state index in [1.165, 1.54) is 23.1 Å². The average Bonchev–Trinajstić information content (AvgIpc) is 3.26. The molecule has 1 amide bonds. The largest absolute Gasteiger partial charge is 0.410 e. The highest BCUT2D eigenvalue weighted by Crippen LogP contribution is 2.24. The maximum Gasteiger partial charge on any atom is 0.277 e. The van der Waals surface area contributed by atoms with Crippen molar-refractivity contribution in [3.05, 3.63) is 39.7 Å². The van der Waals surface area contributed by atoms with E-state index in [1.807, 2.05) is 24.3 Å². The fraction of sp³-hybridized carbons (Fsp3) is 0.214. The summed E-state index contributed by atoms with van der Waals surface area (Å²) in [4.78, 5) is 17.8. The molecule has 0 unspecified atom stereocenters. The molecule has 3 heterocycles. The zero-order chi connectivity index (χ0) is 16.2. The van der Waals surface area contributed by atoms with Gasteiger partial charge in [0.05, 0.1) is 16.6 Å². The fourth-order valence-electron chi connectivity index (χ4n) is 1.83. The Morgan fingerprint density at radius 3 is 3.00 bits per heavy atom. The standard InChI is InChI=1S/C14H13ClN4O2S2/c1-19(7-9-4-5-11(15)23-9)12(20)8-22-14-18-17-13(21-14)10-3-2-6-16-10/h2-6,16H,7-8H2,1H3. The minimum absolute atomic E-state index is 0.0147. The highest BCUT2D eigenvalue weighted by Gasteiger charge is 2.14. The van der Waals surface area contributed by atoms with Crippen LogP contribution in [0.3, 0.4) is 0 Å². The highest BCUT2D eigenvalue weighted by molar-refractivity contribution is 7.99. The summed E-state index contributed by atoms with van der Waals surface area (Å²) >= 11 is 8.58. The number of rotatable bonds is 6. The lowest BCUT2D eigenvalue weighted by Gasteiger charge is -2.15. The molecular weight excluding hydrogens is 356 g/mol. The van der Waals surface area contributed by atoms with Gasteiger partial charge in [0.25, 0.3) is 11.1 Å². The van der Waals surface area contributed by atoms with Crippen molar-refractivity contribution in [2.75, 3.05) is 12.8 Å². The Morgan fingerprint density at radius 2 is 2.30 bits per heavy atom. The van der Waals surface area contributed by atoms with Gasteiger partial charge in [-0.3, -0.25) is 4.79 Å². The Labute approximate surface area is 145 Å². The van der Waals surface area contributed by atoms with Crippen molar-refractivity contribution in [3.8, 4) is 11.6 Å². The van der Waals surface area contributed by atoms with Crippen LogP contribution < -0.4 is 0 Å². The number of nitrogens with one attached hydrogen (secondary N) is 1. The number of halogens is 1. The number of carbonyl (C=O) groups is 1. The molecule has 0 aliphatic rings. The number of thioether (sulfide) groups is 1. The topological polar surface area (TPSA) is 75.0 Å². The molecule has 0 radical (unpaired) electrons. The highest BCUT2D eigenvalue weighted by atomic mass is 35.5. The van der Waals surface area contributed by atoms with Gasteiger partial charge in [0.15, 0.2) is 0 Å². The van der Waals surface area contributed by atoms with Crippen molar-refractivity contribution in [2.24, 2.45) is 0 Å². The molecule has 0 aliphatic carbocycles. The molecule has 1 N–H and O–H groups in total. The van der Waals surface area contributed by atoms with E-state index in [2.05, 4.69) is 15.2 Å². The summed E-state index contributed by atoms with van der Waals surface area (Å²) in [5, 5.41) is 8.25. The van der Waals surface area contributed by atoms with Gasteiger partial charge in [0, 0.05) is 18.1 Å². The Bertz CT molecular complexity index is 784. The van der Waals surface area contributed by atoms with Gasteiger partial charge < -0.3 is 14.3 Å². The minimum Gasteiger partial charge on any atom is -0.410 e. The molecule has 23 heavy (non-hydrogen) atoms. The lowest BCUT2D eigenvalue weighted by Crippen LogP contribution is -2.27. The van der Waals surface area contributed by atoms with E-state index < -0.39 is 0 Å². The van der Waals surface area contributed by atoms with Crippen molar-refractivity contribution >= 4 is 40.6 Å². The van der Waals surface area contributed by atoms with E-state index in [1.54, 1.807) is 18.1 Å². The SMILES string of the molecule is CN(Cc1ccc(Cl)s1)C(=O)CSc1nnc(-c2ccc[nH]2)o1. The van der Waals surface area contributed by atoms with Crippen LogP contribution in [0.2, 0.25) is 4.34 Å². The fourth-order valence-corrected chi connectivity index (χ4v) is 3.68. The van der Waals surface area contributed by atoms with Crippen molar-refractivity contribution in [3.63, 3.8) is 0 Å². The normalized spacial score (nSPS) is 10.9. The van der Waals surface area contributed by atoms with E-state index in [9.17, 15) is 4.79 Å². The number of amides is 1. The summed E-state index contributed by atoms with van der Waals surface area (Å²) < 4.78 is 6.22. The molecule has 0 atom stereocenters. The molecule has 9 heteroatoms. The predicted molar refractivity (Wildman–Crippen MR) is 90.6 cm³/mol. The zero-order valence-electron chi connectivity index (χ0n) is 12.2. The number of aromatic amines is 1. The smallest absolute Gasteiger partial charge is 0.277 e. The lowest BCUT2D eigenvalue weighted by molar-refractivity contribution is -0.127. The maximum absolute atomic E-state index is 12.1. The molecule has 0 saturated heterocycles. The number of hydrogen-bond acceptors (Lipinski definition) is 6. The average molecular weight is 369 g/mol.